The van der Waals surface area contributed by atoms with E-state index in [2.05, 4.69) is 10.6 Å². The summed E-state index contributed by atoms with van der Waals surface area (Å²) in [5.41, 5.74) is -0.989. The number of urea groups is 1. The molecule has 8 heteroatoms. The minimum absolute atomic E-state index is 0.0621. The van der Waals surface area contributed by atoms with E-state index >= 15 is 0 Å². The van der Waals surface area contributed by atoms with Crippen molar-refractivity contribution in [3.63, 3.8) is 0 Å². The second-order valence-electron chi connectivity index (χ2n) is 4.80. The van der Waals surface area contributed by atoms with Crippen LogP contribution in [-0.4, -0.2) is 35.3 Å². The number of methoxy groups -OCH3 is 1. The molecule has 0 aromatic heterocycles. The Hall–Kier alpha value is -2.35. The SMILES string of the molecule is CC[C@@](C)(O)CNC(=O)Nc1cc([N+](=O)[O-])ccc1OC. The van der Waals surface area contributed by atoms with E-state index < -0.39 is 16.6 Å². The van der Waals surface area contributed by atoms with Gasteiger partial charge in [0.05, 0.1) is 23.3 Å². The topological polar surface area (TPSA) is 114 Å². The number of anilines is 1. The number of rotatable bonds is 6. The average Bonchev–Trinajstić information content (AvgIpc) is 2.45. The molecule has 1 atom stereocenters. The van der Waals surface area contributed by atoms with Crippen molar-refractivity contribution in [3.05, 3.63) is 28.3 Å². The fourth-order valence-electron chi connectivity index (χ4n) is 1.47. The molecule has 0 aliphatic heterocycles. The van der Waals surface area contributed by atoms with Crippen molar-refractivity contribution in [1.29, 1.82) is 0 Å². The van der Waals surface area contributed by atoms with E-state index in [1.807, 2.05) is 0 Å². The molecule has 116 valence electrons. The largest absolute Gasteiger partial charge is 0.495 e. The van der Waals surface area contributed by atoms with Crippen LogP contribution in [-0.2, 0) is 0 Å². The molecule has 0 aliphatic carbocycles. The molecule has 2 amide bonds. The molecule has 3 N–H and O–H groups in total. The highest BCUT2D eigenvalue weighted by atomic mass is 16.6. The third-order valence-corrected chi connectivity index (χ3v) is 3.03. The number of hydrogen-bond acceptors (Lipinski definition) is 5. The van der Waals surface area contributed by atoms with E-state index in [9.17, 15) is 20.0 Å². The highest BCUT2D eigenvalue weighted by Crippen LogP contribution is 2.28. The average molecular weight is 297 g/mol. The summed E-state index contributed by atoms with van der Waals surface area (Å²) in [6.07, 6.45) is 0.480. The highest BCUT2D eigenvalue weighted by Gasteiger charge is 2.19. The van der Waals surface area contributed by atoms with Gasteiger partial charge in [-0.25, -0.2) is 4.79 Å². The number of aliphatic hydroxyl groups is 1. The minimum Gasteiger partial charge on any atom is -0.495 e. The lowest BCUT2D eigenvalue weighted by Crippen LogP contribution is -2.41. The van der Waals surface area contributed by atoms with E-state index in [1.54, 1.807) is 13.8 Å². The zero-order chi connectivity index (χ0) is 16.0. The fourth-order valence-corrected chi connectivity index (χ4v) is 1.47. The molecule has 0 fully saturated rings. The summed E-state index contributed by atoms with van der Waals surface area (Å²) in [7, 11) is 1.39. The van der Waals surface area contributed by atoms with Gasteiger partial charge in [0.15, 0.2) is 0 Å². The van der Waals surface area contributed by atoms with Crippen molar-refractivity contribution in [2.75, 3.05) is 19.0 Å². The molecule has 0 radical (unpaired) electrons. The molecule has 0 spiro atoms. The maximum atomic E-state index is 11.8. The maximum Gasteiger partial charge on any atom is 0.319 e. The summed E-state index contributed by atoms with van der Waals surface area (Å²) in [6, 6.07) is 3.30. The Balaban J connectivity index is 2.79. The lowest BCUT2D eigenvalue weighted by atomic mass is 10.0. The molecule has 1 rings (SSSR count). The Bertz CT molecular complexity index is 531. The van der Waals surface area contributed by atoms with Gasteiger partial charge in [-0.3, -0.25) is 10.1 Å². The molecule has 1 aromatic rings. The smallest absolute Gasteiger partial charge is 0.319 e. The van der Waals surface area contributed by atoms with Gasteiger partial charge in [-0.15, -0.1) is 0 Å². The van der Waals surface area contributed by atoms with E-state index in [4.69, 9.17) is 4.74 Å². The van der Waals surface area contributed by atoms with E-state index in [0.717, 1.165) is 0 Å². The first-order chi connectivity index (χ1) is 9.79. The number of hydrogen-bond donors (Lipinski definition) is 3. The Labute approximate surface area is 122 Å². The normalized spacial score (nSPS) is 13.1. The lowest BCUT2D eigenvalue weighted by molar-refractivity contribution is -0.384. The summed E-state index contributed by atoms with van der Waals surface area (Å²) in [6.45, 7) is 3.46. The minimum atomic E-state index is -1.01. The molecule has 21 heavy (non-hydrogen) atoms. The van der Waals surface area contributed by atoms with Crippen LogP contribution in [0.4, 0.5) is 16.2 Å². The summed E-state index contributed by atoms with van der Waals surface area (Å²) >= 11 is 0. The molecule has 0 saturated heterocycles. The fraction of sp³-hybridized carbons (Fsp3) is 0.462. The lowest BCUT2D eigenvalue weighted by Gasteiger charge is -2.21. The molecule has 0 heterocycles. The van der Waals surface area contributed by atoms with Crippen molar-refractivity contribution in [1.82, 2.24) is 5.32 Å². The number of non-ortho nitro benzene ring substituents is 1. The van der Waals surface area contributed by atoms with Crippen molar-refractivity contribution >= 4 is 17.4 Å². The van der Waals surface area contributed by atoms with Crippen molar-refractivity contribution in [3.8, 4) is 5.75 Å². The van der Waals surface area contributed by atoms with Gasteiger partial charge in [0, 0.05) is 18.7 Å². The molecule has 1 aromatic carbocycles. The third kappa shape index (κ3) is 4.92. The molecular weight excluding hydrogens is 278 g/mol. The van der Waals surface area contributed by atoms with E-state index in [0.29, 0.717) is 12.2 Å². The van der Waals surface area contributed by atoms with Crippen LogP contribution in [0.25, 0.3) is 0 Å². The second kappa shape index (κ2) is 6.89. The first-order valence-electron chi connectivity index (χ1n) is 6.38. The van der Waals surface area contributed by atoms with E-state index in [1.165, 1.54) is 25.3 Å². The first kappa shape index (κ1) is 16.7. The van der Waals surface area contributed by atoms with Crippen molar-refractivity contribution in [2.45, 2.75) is 25.9 Å². The number of benzene rings is 1. The van der Waals surface area contributed by atoms with Crippen LogP contribution in [0.5, 0.6) is 5.75 Å². The monoisotopic (exact) mass is 297 g/mol. The number of carbonyl (C=O) groups is 1. The van der Waals surface area contributed by atoms with Gasteiger partial charge in [-0.1, -0.05) is 6.92 Å². The van der Waals surface area contributed by atoms with Crippen LogP contribution in [0.3, 0.4) is 0 Å². The molecule has 8 nitrogen and oxygen atoms in total. The third-order valence-electron chi connectivity index (χ3n) is 3.03. The van der Waals surface area contributed by atoms with Crippen LogP contribution in [0, 0.1) is 10.1 Å². The number of nitro benzene ring substituents is 1. The summed E-state index contributed by atoms with van der Waals surface area (Å²) < 4.78 is 5.03. The quantitative estimate of drug-likeness (QED) is 0.548. The number of amides is 2. The van der Waals surface area contributed by atoms with Gasteiger partial charge < -0.3 is 20.5 Å². The molecule has 0 bridgehead atoms. The summed E-state index contributed by atoms with van der Waals surface area (Å²) in [5, 5.41) is 25.5. The van der Waals surface area contributed by atoms with Gasteiger partial charge >= 0.3 is 6.03 Å². The summed E-state index contributed by atoms with van der Waals surface area (Å²) in [5.74, 6) is 0.304. The number of nitrogens with zero attached hydrogens (tertiary/aromatic N) is 1. The molecular formula is C13H19N3O5. The first-order valence-corrected chi connectivity index (χ1v) is 6.38. The Morgan fingerprint density at radius 1 is 1.52 bits per heavy atom. The number of ether oxygens (including phenoxy) is 1. The number of nitro groups is 1. The number of carbonyl (C=O) groups excluding carboxylic acids is 1. The molecule has 0 unspecified atom stereocenters. The zero-order valence-electron chi connectivity index (χ0n) is 12.2. The van der Waals surface area contributed by atoms with Crippen LogP contribution >= 0.6 is 0 Å². The van der Waals surface area contributed by atoms with Crippen molar-refractivity contribution < 1.29 is 19.6 Å². The second-order valence-corrected chi connectivity index (χ2v) is 4.80. The predicted octanol–water partition coefficient (Wildman–Crippen LogP) is 1.89. The van der Waals surface area contributed by atoms with Gasteiger partial charge in [0.25, 0.3) is 5.69 Å². The number of nitrogens with one attached hydrogen (secondary N) is 2. The Morgan fingerprint density at radius 2 is 2.19 bits per heavy atom. The van der Waals surface area contributed by atoms with Crippen LogP contribution in [0.2, 0.25) is 0 Å². The Morgan fingerprint density at radius 3 is 2.71 bits per heavy atom. The van der Waals surface area contributed by atoms with Gasteiger partial charge in [-0.2, -0.15) is 0 Å². The summed E-state index contributed by atoms with van der Waals surface area (Å²) in [4.78, 5) is 21.9. The predicted molar refractivity (Wildman–Crippen MR) is 77.6 cm³/mol. The van der Waals surface area contributed by atoms with Crippen LogP contribution < -0.4 is 15.4 Å². The van der Waals surface area contributed by atoms with Crippen LogP contribution in [0.15, 0.2) is 18.2 Å². The van der Waals surface area contributed by atoms with E-state index in [-0.39, 0.29) is 17.9 Å². The van der Waals surface area contributed by atoms with Crippen molar-refractivity contribution in [2.24, 2.45) is 0 Å². The standard InChI is InChI=1S/C13H19N3O5/c1-4-13(2,18)8-14-12(17)15-10-7-9(16(19)20)5-6-11(10)21-3/h5-7,18H,4,8H2,1-3H3,(H2,14,15,17)/t13-/m1/s1. The zero-order valence-corrected chi connectivity index (χ0v) is 12.2. The van der Waals surface area contributed by atoms with Gasteiger partial charge in [0.2, 0.25) is 0 Å². The van der Waals surface area contributed by atoms with Gasteiger partial charge in [0.1, 0.15) is 5.75 Å². The Kier molecular flexibility index (Phi) is 5.48. The maximum absolute atomic E-state index is 11.8. The van der Waals surface area contributed by atoms with Crippen LogP contribution in [0.1, 0.15) is 20.3 Å². The molecule has 0 aliphatic rings. The van der Waals surface area contributed by atoms with Gasteiger partial charge in [-0.05, 0) is 19.4 Å². The highest BCUT2D eigenvalue weighted by molar-refractivity contribution is 5.91. The molecule has 0 saturated carbocycles.